The average Bonchev–Trinajstić information content (AvgIpc) is 2.26. The lowest BCUT2D eigenvalue weighted by atomic mass is 10.2. The van der Waals surface area contributed by atoms with Gasteiger partial charge in [0.2, 0.25) is 5.91 Å². The Hall–Kier alpha value is -2.06. The summed E-state index contributed by atoms with van der Waals surface area (Å²) in [5.74, 6) is -0.779. The summed E-state index contributed by atoms with van der Waals surface area (Å²) in [5.41, 5.74) is 6.04. The monoisotopic (exact) mass is 205 g/mol. The zero-order valence-corrected chi connectivity index (χ0v) is 7.97. The molecule has 1 rings (SSSR count). The number of primary amides is 1. The number of nitrogens with two attached hydrogens (primary N) is 1. The smallest absolute Gasteiger partial charge is 0.248 e. The maximum Gasteiger partial charge on any atom is 0.248 e. The summed E-state index contributed by atoms with van der Waals surface area (Å²) in [5, 5.41) is 20.5. The first kappa shape index (κ1) is 11.0. The number of amides is 1. The predicted octanol–water partition coefficient (Wildman–Crippen LogP) is -0.184. The third-order valence-corrected chi connectivity index (χ3v) is 1.82. The van der Waals surface area contributed by atoms with Crippen LogP contribution in [0.3, 0.4) is 0 Å². The van der Waals surface area contributed by atoms with Crippen LogP contribution in [0.15, 0.2) is 24.3 Å². The molecule has 0 aliphatic carbocycles. The van der Waals surface area contributed by atoms with Crippen LogP contribution in [0, 0.1) is 11.3 Å². The summed E-state index contributed by atoms with van der Waals surface area (Å²) in [4.78, 5) is 10.5. The van der Waals surface area contributed by atoms with E-state index in [1.54, 1.807) is 24.3 Å². The third-order valence-electron chi connectivity index (χ3n) is 1.82. The summed E-state index contributed by atoms with van der Waals surface area (Å²) < 4.78 is 0. The van der Waals surface area contributed by atoms with E-state index in [2.05, 4.69) is 5.32 Å². The molecule has 0 saturated carbocycles. The van der Waals surface area contributed by atoms with Crippen molar-refractivity contribution in [3.63, 3.8) is 0 Å². The number of nitrogens with zero attached hydrogens (tertiary/aromatic N) is 1. The second-order valence-electron chi connectivity index (χ2n) is 2.99. The molecule has 0 bridgehead atoms. The Kier molecular flexibility index (Phi) is 3.66. The minimum Gasteiger partial charge on any atom is -0.382 e. The molecule has 0 radical (unpaired) electrons. The normalized spacial score (nSPS) is 11.5. The molecule has 0 aliphatic heterocycles. The van der Waals surface area contributed by atoms with Crippen molar-refractivity contribution in [3.8, 4) is 6.07 Å². The Morgan fingerprint density at radius 2 is 2.40 bits per heavy atom. The molecular weight excluding hydrogens is 194 g/mol. The van der Waals surface area contributed by atoms with Crippen molar-refractivity contribution in [2.24, 2.45) is 5.73 Å². The van der Waals surface area contributed by atoms with E-state index in [1.165, 1.54) is 0 Å². The van der Waals surface area contributed by atoms with Gasteiger partial charge in [-0.2, -0.15) is 5.26 Å². The van der Waals surface area contributed by atoms with Crippen LogP contribution in [0.25, 0.3) is 0 Å². The van der Waals surface area contributed by atoms with Crippen LogP contribution in [0.2, 0.25) is 0 Å². The molecule has 0 heterocycles. The number of hydrogen-bond donors (Lipinski definition) is 3. The number of nitrogens with one attached hydrogen (secondary N) is 1. The second-order valence-corrected chi connectivity index (χ2v) is 2.99. The van der Waals surface area contributed by atoms with Crippen LogP contribution in [0.4, 0.5) is 5.69 Å². The molecule has 5 nitrogen and oxygen atoms in total. The van der Waals surface area contributed by atoms with Gasteiger partial charge in [-0.25, -0.2) is 0 Å². The Bertz CT molecular complexity index is 398. The zero-order chi connectivity index (χ0) is 11.3. The Balaban J connectivity index is 2.58. The number of carbonyl (C=O) groups is 1. The number of nitriles is 1. The van der Waals surface area contributed by atoms with Gasteiger partial charge in [-0.3, -0.25) is 4.79 Å². The lowest BCUT2D eigenvalue weighted by molar-refractivity contribution is -0.125. The highest BCUT2D eigenvalue weighted by Crippen LogP contribution is 2.09. The summed E-state index contributed by atoms with van der Waals surface area (Å²) in [6, 6.07) is 8.70. The molecule has 1 aromatic carbocycles. The van der Waals surface area contributed by atoms with Crippen LogP contribution in [-0.2, 0) is 4.79 Å². The standard InChI is InChI=1S/C10H11N3O2/c11-5-7-2-1-3-8(4-7)13-6-9(14)10(12)15/h1-4,9,13-14H,6H2,(H2,12,15). The van der Waals surface area contributed by atoms with E-state index >= 15 is 0 Å². The molecular formula is C10H11N3O2. The molecule has 0 aromatic heterocycles. The quantitative estimate of drug-likeness (QED) is 0.634. The molecule has 4 N–H and O–H groups in total. The van der Waals surface area contributed by atoms with Crippen molar-refractivity contribution in [2.45, 2.75) is 6.10 Å². The summed E-state index contributed by atoms with van der Waals surface area (Å²) in [6.07, 6.45) is -1.23. The van der Waals surface area contributed by atoms with E-state index in [0.29, 0.717) is 11.3 Å². The highest BCUT2D eigenvalue weighted by molar-refractivity contribution is 5.79. The minimum atomic E-state index is -1.23. The lowest BCUT2D eigenvalue weighted by Crippen LogP contribution is -2.34. The zero-order valence-electron chi connectivity index (χ0n) is 7.97. The third kappa shape index (κ3) is 3.29. The van der Waals surface area contributed by atoms with Crippen LogP contribution < -0.4 is 11.1 Å². The predicted molar refractivity (Wildman–Crippen MR) is 54.8 cm³/mol. The van der Waals surface area contributed by atoms with Gasteiger partial charge in [-0.15, -0.1) is 0 Å². The maximum atomic E-state index is 10.5. The topological polar surface area (TPSA) is 99.1 Å². The van der Waals surface area contributed by atoms with E-state index in [0.717, 1.165) is 0 Å². The van der Waals surface area contributed by atoms with E-state index in [9.17, 15) is 4.79 Å². The first-order valence-corrected chi connectivity index (χ1v) is 4.35. The number of anilines is 1. The van der Waals surface area contributed by atoms with E-state index in [1.807, 2.05) is 6.07 Å². The van der Waals surface area contributed by atoms with Crippen molar-refractivity contribution in [1.29, 1.82) is 5.26 Å². The number of rotatable bonds is 4. The minimum absolute atomic E-state index is 0.0320. The molecule has 1 aromatic rings. The van der Waals surface area contributed by atoms with E-state index in [4.69, 9.17) is 16.1 Å². The van der Waals surface area contributed by atoms with Crippen LogP contribution in [-0.4, -0.2) is 23.7 Å². The molecule has 15 heavy (non-hydrogen) atoms. The number of aliphatic hydroxyl groups is 1. The van der Waals surface area contributed by atoms with Crippen LogP contribution in [0.1, 0.15) is 5.56 Å². The van der Waals surface area contributed by atoms with Gasteiger partial charge in [-0.05, 0) is 18.2 Å². The van der Waals surface area contributed by atoms with Crippen LogP contribution in [0.5, 0.6) is 0 Å². The average molecular weight is 205 g/mol. The molecule has 78 valence electrons. The van der Waals surface area contributed by atoms with Gasteiger partial charge in [0.05, 0.1) is 11.6 Å². The summed E-state index contributed by atoms with van der Waals surface area (Å²) in [6.45, 7) is 0.0320. The fraction of sp³-hybridized carbons (Fsp3) is 0.200. The maximum absolute atomic E-state index is 10.5. The van der Waals surface area contributed by atoms with Crippen LogP contribution >= 0.6 is 0 Å². The van der Waals surface area contributed by atoms with Gasteiger partial charge in [0, 0.05) is 12.2 Å². The van der Waals surface area contributed by atoms with Gasteiger partial charge in [0.25, 0.3) is 0 Å². The molecule has 5 heteroatoms. The van der Waals surface area contributed by atoms with Crippen molar-refractivity contribution in [1.82, 2.24) is 0 Å². The highest BCUT2D eigenvalue weighted by Gasteiger charge is 2.09. The number of hydrogen-bond acceptors (Lipinski definition) is 4. The Morgan fingerprint density at radius 3 is 3.00 bits per heavy atom. The molecule has 0 spiro atoms. The Labute approximate surface area is 87.1 Å². The molecule has 1 amide bonds. The summed E-state index contributed by atoms with van der Waals surface area (Å²) in [7, 11) is 0. The Morgan fingerprint density at radius 1 is 1.67 bits per heavy atom. The van der Waals surface area contributed by atoms with Gasteiger partial charge >= 0.3 is 0 Å². The highest BCUT2D eigenvalue weighted by atomic mass is 16.3. The van der Waals surface area contributed by atoms with E-state index in [-0.39, 0.29) is 6.54 Å². The second kappa shape index (κ2) is 4.98. The molecule has 0 fully saturated rings. The van der Waals surface area contributed by atoms with Gasteiger partial charge < -0.3 is 16.2 Å². The lowest BCUT2D eigenvalue weighted by Gasteiger charge is -2.09. The first-order valence-electron chi connectivity index (χ1n) is 4.35. The molecule has 0 saturated heterocycles. The number of aliphatic hydroxyl groups excluding tert-OH is 1. The van der Waals surface area contributed by atoms with Crippen molar-refractivity contribution in [2.75, 3.05) is 11.9 Å². The first-order chi connectivity index (χ1) is 7.13. The largest absolute Gasteiger partial charge is 0.382 e. The van der Waals surface area contributed by atoms with Crippen molar-refractivity contribution >= 4 is 11.6 Å². The molecule has 1 unspecified atom stereocenters. The molecule has 1 atom stereocenters. The van der Waals surface area contributed by atoms with Crippen molar-refractivity contribution in [3.05, 3.63) is 29.8 Å². The number of carbonyl (C=O) groups excluding carboxylic acids is 1. The van der Waals surface area contributed by atoms with Gasteiger partial charge in [0.1, 0.15) is 6.10 Å². The van der Waals surface area contributed by atoms with Gasteiger partial charge in [-0.1, -0.05) is 6.07 Å². The fourth-order valence-corrected chi connectivity index (χ4v) is 1.01. The van der Waals surface area contributed by atoms with Gasteiger partial charge in [0.15, 0.2) is 0 Å². The van der Waals surface area contributed by atoms with E-state index < -0.39 is 12.0 Å². The summed E-state index contributed by atoms with van der Waals surface area (Å²) >= 11 is 0. The van der Waals surface area contributed by atoms with Crippen molar-refractivity contribution < 1.29 is 9.90 Å². The SMILES string of the molecule is N#Cc1cccc(NCC(O)C(N)=O)c1. The molecule has 0 aliphatic rings. The fourth-order valence-electron chi connectivity index (χ4n) is 1.01. The number of benzene rings is 1.